The summed E-state index contributed by atoms with van der Waals surface area (Å²) in [7, 11) is 0. The van der Waals surface area contributed by atoms with E-state index in [0.717, 1.165) is 27.8 Å². The van der Waals surface area contributed by atoms with Crippen LogP contribution in [0, 0.1) is 0 Å². The molecule has 29 heavy (non-hydrogen) atoms. The van der Waals surface area contributed by atoms with Crippen LogP contribution in [0.1, 0.15) is 40.4 Å². The molecule has 6 nitrogen and oxygen atoms in total. The van der Waals surface area contributed by atoms with Gasteiger partial charge in [-0.2, -0.15) is 0 Å². The lowest BCUT2D eigenvalue weighted by Gasteiger charge is -2.15. The van der Waals surface area contributed by atoms with Crippen molar-refractivity contribution < 1.29 is 9.53 Å². The molecule has 2 aromatic carbocycles. The van der Waals surface area contributed by atoms with Crippen LogP contribution < -0.4 is 0 Å². The molecule has 0 bridgehead atoms. The van der Waals surface area contributed by atoms with Gasteiger partial charge in [0.1, 0.15) is 6.10 Å². The van der Waals surface area contributed by atoms with E-state index in [1.807, 2.05) is 41.2 Å². The van der Waals surface area contributed by atoms with E-state index in [-0.39, 0.29) is 12.1 Å². The summed E-state index contributed by atoms with van der Waals surface area (Å²) in [5.41, 5.74) is 4.91. The van der Waals surface area contributed by atoms with Gasteiger partial charge in [0, 0.05) is 35.8 Å². The predicted molar refractivity (Wildman–Crippen MR) is 108 cm³/mol. The van der Waals surface area contributed by atoms with Crippen LogP contribution in [0.3, 0.4) is 0 Å². The number of esters is 1. The van der Waals surface area contributed by atoms with Crippen molar-refractivity contribution in [2.75, 3.05) is 0 Å². The molecule has 1 saturated carbocycles. The molecule has 1 aliphatic carbocycles. The number of carbonyl (C=O) groups excluding carboxylic acids is 1. The van der Waals surface area contributed by atoms with Crippen molar-refractivity contribution in [2.24, 2.45) is 0 Å². The number of ether oxygens (including phenoxy) is 1. The molecule has 2 aromatic heterocycles. The monoisotopic (exact) mass is 384 g/mol. The minimum absolute atomic E-state index is 0.271. The highest BCUT2D eigenvalue weighted by Gasteiger charge is 2.29. The van der Waals surface area contributed by atoms with Gasteiger partial charge in [-0.15, -0.1) is 5.10 Å². The number of rotatable bonds is 4. The number of hydrogen-bond donors (Lipinski definition) is 0. The molecule has 0 radical (unpaired) electrons. The Morgan fingerprint density at radius 1 is 1.03 bits per heavy atom. The molecule has 1 aliphatic heterocycles. The van der Waals surface area contributed by atoms with Crippen LogP contribution in [0.2, 0.25) is 0 Å². The zero-order chi connectivity index (χ0) is 19.4. The summed E-state index contributed by atoms with van der Waals surface area (Å²) in [4.78, 5) is 12.9. The first-order chi connectivity index (χ1) is 14.3. The number of aromatic nitrogens is 4. The van der Waals surface area contributed by atoms with Crippen molar-refractivity contribution in [1.82, 2.24) is 19.6 Å². The minimum atomic E-state index is -0.279. The molecule has 0 saturated heterocycles. The maximum absolute atomic E-state index is 12.9. The molecule has 3 heterocycles. The average Bonchev–Trinajstić information content (AvgIpc) is 3.41. The highest BCUT2D eigenvalue weighted by molar-refractivity contribution is 6.06. The summed E-state index contributed by atoms with van der Waals surface area (Å²) in [5.74, 6) is 0.289. The molecule has 1 unspecified atom stereocenters. The summed E-state index contributed by atoms with van der Waals surface area (Å²) in [6.45, 7) is 0.511. The van der Waals surface area contributed by atoms with Crippen molar-refractivity contribution in [1.29, 1.82) is 0 Å². The molecule has 0 N–H and O–H groups in total. The highest BCUT2D eigenvalue weighted by atomic mass is 16.5. The fourth-order valence-corrected chi connectivity index (χ4v) is 4.28. The molecule has 144 valence electrons. The Morgan fingerprint density at radius 3 is 2.72 bits per heavy atom. The molecule has 0 amide bonds. The number of para-hydroxylation sites is 1. The van der Waals surface area contributed by atoms with E-state index < -0.39 is 0 Å². The standard InChI is InChI=1S/C23H20N4O2/c28-23-19-7-4-8-21-22(19)16(12-27(21)17-5-2-1-3-6-17)11-18(29-23)13-26-14-20(24-25-26)15-9-10-15/h1-8,12,14-15,18H,9-11,13H2. The van der Waals surface area contributed by atoms with Gasteiger partial charge < -0.3 is 9.30 Å². The third-order valence-electron chi connectivity index (χ3n) is 5.83. The van der Waals surface area contributed by atoms with Gasteiger partial charge in [-0.25, -0.2) is 9.48 Å². The molecule has 1 atom stereocenters. The second-order valence-electron chi connectivity index (χ2n) is 7.93. The third kappa shape index (κ3) is 2.83. The molecular weight excluding hydrogens is 364 g/mol. The van der Waals surface area contributed by atoms with E-state index in [2.05, 4.69) is 39.3 Å². The first-order valence-corrected chi connectivity index (χ1v) is 10.1. The second-order valence-corrected chi connectivity index (χ2v) is 7.93. The Balaban J connectivity index is 1.39. The van der Waals surface area contributed by atoms with E-state index in [1.54, 1.807) is 0 Å². The zero-order valence-corrected chi connectivity index (χ0v) is 15.9. The molecule has 4 aromatic rings. The van der Waals surface area contributed by atoms with E-state index in [4.69, 9.17) is 4.74 Å². The summed E-state index contributed by atoms with van der Waals surface area (Å²) in [6.07, 6.45) is 6.88. The Kier molecular flexibility index (Phi) is 3.59. The molecule has 1 fully saturated rings. The summed E-state index contributed by atoms with van der Waals surface area (Å²) in [5, 5.41) is 9.51. The Bertz CT molecular complexity index is 1220. The van der Waals surface area contributed by atoms with Crippen LogP contribution in [0.25, 0.3) is 16.6 Å². The van der Waals surface area contributed by atoms with Crippen molar-refractivity contribution in [3.63, 3.8) is 0 Å². The fraction of sp³-hybridized carbons (Fsp3) is 0.261. The van der Waals surface area contributed by atoms with Gasteiger partial charge in [-0.3, -0.25) is 0 Å². The summed E-state index contributed by atoms with van der Waals surface area (Å²) < 4.78 is 9.81. The SMILES string of the molecule is O=C1OC(Cn2cc(C3CC3)nn2)Cc2cn(-c3ccccc3)c3cccc1c23. The van der Waals surface area contributed by atoms with Crippen molar-refractivity contribution >= 4 is 16.9 Å². The number of carbonyl (C=O) groups is 1. The van der Waals surface area contributed by atoms with Gasteiger partial charge in [-0.1, -0.05) is 29.5 Å². The van der Waals surface area contributed by atoms with Crippen molar-refractivity contribution in [3.8, 4) is 5.69 Å². The fourth-order valence-electron chi connectivity index (χ4n) is 4.28. The maximum Gasteiger partial charge on any atom is 0.339 e. The average molecular weight is 384 g/mol. The van der Waals surface area contributed by atoms with Crippen LogP contribution in [0.15, 0.2) is 60.9 Å². The number of cyclic esters (lactones) is 1. The van der Waals surface area contributed by atoms with Gasteiger partial charge in [0.25, 0.3) is 0 Å². The molecule has 6 heteroatoms. The lowest BCUT2D eigenvalue weighted by molar-refractivity contribution is 0.0264. The van der Waals surface area contributed by atoms with Crippen LogP contribution in [0.5, 0.6) is 0 Å². The number of hydrogen-bond acceptors (Lipinski definition) is 4. The lowest BCUT2D eigenvalue weighted by atomic mass is 10.0. The van der Waals surface area contributed by atoms with Gasteiger partial charge in [0.2, 0.25) is 0 Å². The highest BCUT2D eigenvalue weighted by Crippen LogP contribution is 2.38. The van der Waals surface area contributed by atoms with Crippen LogP contribution in [0.4, 0.5) is 0 Å². The van der Waals surface area contributed by atoms with Gasteiger partial charge in [0.05, 0.1) is 23.3 Å². The number of nitrogens with zero attached hydrogens (tertiary/aromatic N) is 4. The third-order valence-corrected chi connectivity index (χ3v) is 5.83. The minimum Gasteiger partial charge on any atom is -0.456 e. The smallest absolute Gasteiger partial charge is 0.339 e. The van der Waals surface area contributed by atoms with Crippen LogP contribution >= 0.6 is 0 Å². The molecule has 0 spiro atoms. The van der Waals surface area contributed by atoms with Crippen LogP contribution in [-0.2, 0) is 17.7 Å². The van der Waals surface area contributed by atoms with Gasteiger partial charge >= 0.3 is 5.97 Å². The first kappa shape index (κ1) is 16.5. The van der Waals surface area contributed by atoms with E-state index in [9.17, 15) is 4.79 Å². The van der Waals surface area contributed by atoms with E-state index >= 15 is 0 Å². The van der Waals surface area contributed by atoms with Gasteiger partial charge in [-0.05, 0) is 42.7 Å². The first-order valence-electron chi connectivity index (χ1n) is 10.1. The van der Waals surface area contributed by atoms with Crippen LogP contribution in [-0.4, -0.2) is 31.6 Å². The number of benzene rings is 2. The van der Waals surface area contributed by atoms with E-state index in [1.165, 1.54) is 12.8 Å². The largest absolute Gasteiger partial charge is 0.456 e. The lowest BCUT2D eigenvalue weighted by Crippen LogP contribution is -2.24. The quantitative estimate of drug-likeness (QED) is 0.501. The molecule has 6 rings (SSSR count). The predicted octanol–water partition coefficient (Wildman–Crippen LogP) is 3.88. The second kappa shape index (κ2) is 6.30. The van der Waals surface area contributed by atoms with Crippen molar-refractivity contribution in [3.05, 3.63) is 77.7 Å². The Hall–Kier alpha value is -3.41. The van der Waals surface area contributed by atoms with Crippen molar-refractivity contribution in [2.45, 2.75) is 37.8 Å². The molecule has 2 aliphatic rings. The zero-order valence-electron chi connectivity index (χ0n) is 15.9. The summed E-state index contributed by atoms with van der Waals surface area (Å²) in [6, 6.07) is 16.0. The molecular formula is C23H20N4O2. The normalized spacial score (nSPS) is 18.6. The maximum atomic E-state index is 12.9. The topological polar surface area (TPSA) is 61.9 Å². The Morgan fingerprint density at radius 2 is 1.90 bits per heavy atom. The van der Waals surface area contributed by atoms with Gasteiger partial charge in [0.15, 0.2) is 0 Å². The Labute approximate surface area is 167 Å². The van der Waals surface area contributed by atoms with E-state index in [0.29, 0.717) is 24.4 Å². The summed E-state index contributed by atoms with van der Waals surface area (Å²) >= 11 is 0.